The van der Waals surface area contributed by atoms with Gasteiger partial charge < -0.3 is 5.11 Å². The van der Waals surface area contributed by atoms with Crippen LogP contribution in [0, 0.1) is 17.9 Å². The number of hydrogen-bond donors (Lipinski definition) is 1. The summed E-state index contributed by atoms with van der Waals surface area (Å²) in [7, 11) is 0. The van der Waals surface area contributed by atoms with Crippen LogP contribution in [0.4, 0.5) is 0 Å². The smallest absolute Gasteiger partial charge is 0.162 e. The van der Waals surface area contributed by atoms with Crippen LogP contribution in [0.3, 0.4) is 0 Å². The van der Waals surface area contributed by atoms with Gasteiger partial charge in [0, 0.05) is 49.9 Å². The molecule has 3 aromatic rings. The predicted molar refractivity (Wildman–Crippen MR) is 170 cm³/mol. The number of aliphatic hydroxyl groups is 1. The molecule has 0 saturated carbocycles. The van der Waals surface area contributed by atoms with Gasteiger partial charge in [0.2, 0.25) is 0 Å². The fraction of sp³-hybridized carbons (Fsp3) is 0.514. The number of nitrogens with zero attached hydrogens (tertiary/aromatic N) is 1. The maximum atomic E-state index is 11.7. The maximum Gasteiger partial charge on any atom is 0.162 e. The fourth-order valence-corrected chi connectivity index (χ4v) is 5.94. The van der Waals surface area contributed by atoms with Crippen molar-refractivity contribution in [2.75, 3.05) is 0 Å². The molecule has 0 unspecified atom stereocenters. The van der Waals surface area contributed by atoms with Gasteiger partial charge in [-0.1, -0.05) is 97.0 Å². The molecular weight excluding hydrogens is 683 g/mol. The summed E-state index contributed by atoms with van der Waals surface area (Å²) in [5.41, 5.74) is 6.83. The number of allylic oxidation sites excluding steroid dienone is 2. The topological polar surface area (TPSA) is 50.2 Å². The first-order chi connectivity index (χ1) is 18.9. The van der Waals surface area contributed by atoms with Gasteiger partial charge in [0.05, 0.1) is 5.76 Å². The van der Waals surface area contributed by atoms with Crippen LogP contribution in [0.15, 0.2) is 54.4 Å². The molecule has 0 atom stereocenters. The molecule has 4 rings (SSSR count). The molecule has 0 saturated heterocycles. The summed E-state index contributed by atoms with van der Waals surface area (Å²) in [4.78, 5) is 16.5. The molecule has 1 heterocycles. The van der Waals surface area contributed by atoms with E-state index in [0.717, 1.165) is 43.4 Å². The second-order valence-corrected chi connectivity index (χ2v) is 13.0. The Morgan fingerprint density at radius 3 is 2.22 bits per heavy atom. The van der Waals surface area contributed by atoms with E-state index in [1.165, 1.54) is 40.0 Å². The van der Waals surface area contributed by atoms with Gasteiger partial charge in [-0.15, -0.1) is 29.1 Å². The third-order valence-electron chi connectivity index (χ3n) is 8.71. The minimum Gasteiger partial charge on any atom is -0.512 e. The van der Waals surface area contributed by atoms with Crippen LogP contribution in [-0.2, 0) is 42.2 Å². The van der Waals surface area contributed by atoms with Crippen molar-refractivity contribution in [2.45, 2.75) is 112 Å². The fourth-order valence-electron chi connectivity index (χ4n) is 5.94. The van der Waals surface area contributed by atoms with Gasteiger partial charge in [-0.05, 0) is 61.0 Å². The monoisotopic (exact) mass is 733 g/mol. The molecule has 0 fully saturated rings. The molecular formula is C37H50IrNO2-. The Bertz CT molecular complexity index is 1340. The van der Waals surface area contributed by atoms with Gasteiger partial charge in [0.1, 0.15) is 0 Å². The van der Waals surface area contributed by atoms with Crippen LogP contribution in [0.25, 0.3) is 22.0 Å². The Labute approximate surface area is 262 Å². The molecule has 0 spiro atoms. The van der Waals surface area contributed by atoms with Gasteiger partial charge in [-0.2, -0.15) is 0 Å². The number of carbonyl (C=O) groups is 1. The van der Waals surface area contributed by atoms with Crippen LogP contribution in [0.1, 0.15) is 111 Å². The molecule has 1 radical (unpaired) electrons. The zero-order valence-electron chi connectivity index (χ0n) is 26.7. The Hall–Kier alpha value is -2.29. The number of ketones is 1. The predicted octanol–water partition coefficient (Wildman–Crippen LogP) is 10.1. The number of carbonyl (C=O) groups excluding carboxylic acids is 1. The van der Waals surface area contributed by atoms with Gasteiger partial charge in [0.15, 0.2) is 5.78 Å². The van der Waals surface area contributed by atoms with Crippen LogP contribution < -0.4 is 0 Å². The van der Waals surface area contributed by atoms with Gasteiger partial charge in [-0.25, -0.2) is 0 Å². The van der Waals surface area contributed by atoms with Crippen molar-refractivity contribution in [3.8, 4) is 11.3 Å². The number of rotatable bonds is 8. The second-order valence-electron chi connectivity index (χ2n) is 13.0. The number of aliphatic hydroxyl groups excluding tert-OH is 1. The van der Waals surface area contributed by atoms with Crippen LogP contribution in [-0.4, -0.2) is 15.9 Å². The minimum atomic E-state index is 0. The van der Waals surface area contributed by atoms with E-state index < -0.39 is 0 Å². The van der Waals surface area contributed by atoms with Gasteiger partial charge in [-0.3, -0.25) is 9.78 Å². The van der Waals surface area contributed by atoms with E-state index in [9.17, 15) is 9.90 Å². The molecule has 1 aliphatic carbocycles. The largest absolute Gasteiger partial charge is 0.512 e. The van der Waals surface area contributed by atoms with E-state index in [4.69, 9.17) is 4.98 Å². The first kappa shape index (κ1) is 34.9. The van der Waals surface area contributed by atoms with Gasteiger partial charge in [0.25, 0.3) is 0 Å². The van der Waals surface area contributed by atoms with E-state index in [1.54, 1.807) is 0 Å². The minimum absolute atomic E-state index is 0. The Morgan fingerprint density at radius 2 is 1.63 bits per heavy atom. The second kappa shape index (κ2) is 14.7. The zero-order chi connectivity index (χ0) is 29.7. The van der Waals surface area contributed by atoms with Crippen LogP contribution >= 0.6 is 0 Å². The van der Waals surface area contributed by atoms with E-state index in [1.807, 2.05) is 33.9 Å². The summed E-state index contributed by atoms with van der Waals surface area (Å²) in [5, 5.41) is 12.2. The molecule has 0 aliphatic heterocycles. The summed E-state index contributed by atoms with van der Waals surface area (Å²) < 4.78 is 0. The van der Waals surface area contributed by atoms with E-state index in [0.29, 0.717) is 0 Å². The number of benzene rings is 2. The van der Waals surface area contributed by atoms with Crippen LogP contribution in [0.5, 0.6) is 0 Å². The van der Waals surface area contributed by atoms with E-state index in [-0.39, 0.29) is 54.3 Å². The first-order valence-electron chi connectivity index (χ1n) is 15.3. The van der Waals surface area contributed by atoms with Gasteiger partial charge >= 0.3 is 0 Å². The molecule has 41 heavy (non-hydrogen) atoms. The summed E-state index contributed by atoms with van der Waals surface area (Å²) in [5.74, 6) is 0.547. The van der Waals surface area contributed by atoms with Crippen molar-refractivity contribution in [3.63, 3.8) is 0 Å². The van der Waals surface area contributed by atoms with Crippen molar-refractivity contribution in [2.24, 2.45) is 11.8 Å². The molecule has 1 N–H and O–H groups in total. The molecule has 4 heteroatoms. The average Bonchev–Trinajstić information content (AvgIpc) is 3.23. The van der Waals surface area contributed by atoms with Crippen LogP contribution in [0.2, 0.25) is 0 Å². The van der Waals surface area contributed by atoms with Crippen molar-refractivity contribution in [1.29, 1.82) is 0 Å². The molecule has 0 amide bonds. The van der Waals surface area contributed by atoms with E-state index >= 15 is 0 Å². The molecule has 225 valence electrons. The summed E-state index contributed by atoms with van der Waals surface area (Å²) in [6, 6.07) is 16.8. The molecule has 2 aromatic carbocycles. The molecule has 1 aliphatic rings. The Balaban J connectivity index is 0.000000320. The zero-order valence-corrected chi connectivity index (χ0v) is 29.0. The van der Waals surface area contributed by atoms with Crippen molar-refractivity contribution >= 4 is 16.6 Å². The van der Waals surface area contributed by atoms with Crippen molar-refractivity contribution < 1.29 is 30.0 Å². The summed E-state index contributed by atoms with van der Waals surface area (Å²) >= 11 is 0. The number of aromatic nitrogens is 1. The normalized spacial score (nSPS) is 14.5. The third kappa shape index (κ3) is 8.17. The van der Waals surface area contributed by atoms with Crippen molar-refractivity contribution in [1.82, 2.24) is 4.98 Å². The molecule has 3 nitrogen and oxygen atoms in total. The number of hydrogen-bond acceptors (Lipinski definition) is 3. The van der Waals surface area contributed by atoms with Crippen molar-refractivity contribution in [3.05, 3.63) is 77.2 Å². The third-order valence-corrected chi connectivity index (χ3v) is 8.71. The molecule has 1 aromatic heterocycles. The quantitative estimate of drug-likeness (QED) is 0.143. The number of fused-ring (bicyclic) bond motifs is 2. The SMILES string of the molecule is CC(C)(C)c1cc(-c2nccc3c2CCC3(C)C)[c-]c2ccccc12.CCC(CC)C(=O)/C=C(\O)C(CC)CC.[Ir]. The van der Waals surface area contributed by atoms with E-state index in [2.05, 4.69) is 77.1 Å². The Kier molecular flexibility index (Phi) is 12.6. The summed E-state index contributed by atoms with van der Waals surface area (Å²) in [6.45, 7) is 19.6. The summed E-state index contributed by atoms with van der Waals surface area (Å²) in [6.07, 6.45) is 9.18. The number of pyridine rings is 1. The Morgan fingerprint density at radius 1 is 1.02 bits per heavy atom. The maximum absolute atomic E-state index is 11.7. The first-order valence-corrected chi connectivity index (χ1v) is 15.3. The standard InChI is InChI=1S/C24H26N.C13H24O2.Ir/c1-23(2,3)21-15-17(14-16-8-6-7-9-18(16)21)22-19-10-12-24(4,5)20(19)11-13-25-22;1-5-10(6-2)12(14)9-13(15)11(7-3)8-4;/h6-9,11,13,15H,10,12H2,1-5H3;9-11,14H,5-8H2,1-4H3;/q-1;;/b;12-9-;. The average molecular weight is 733 g/mol. The molecule has 0 bridgehead atoms.